The van der Waals surface area contributed by atoms with Crippen molar-refractivity contribution in [2.45, 2.75) is 32.5 Å². The minimum absolute atomic E-state index is 0.145. The number of pyridine rings is 1. The van der Waals surface area contributed by atoms with Crippen LogP contribution in [0.25, 0.3) is 17.2 Å². The van der Waals surface area contributed by atoms with Crippen LogP contribution in [0, 0.1) is 0 Å². The molecule has 0 aliphatic heterocycles. The van der Waals surface area contributed by atoms with E-state index in [1.165, 1.54) is 18.3 Å². The van der Waals surface area contributed by atoms with E-state index in [0.29, 0.717) is 23.2 Å². The Morgan fingerprint density at radius 3 is 2.69 bits per heavy atom. The number of halogens is 4. The van der Waals surface area contributed by atoms with Crippen LogP contribution in [0.2, 0.25) is 5.15 Å². The molecule has 6 nitrogen and oxygen atoms in total. The maximum absolute atomic E-state index is 13.0. The van der Waals surface area contributed by atoms with Gasteiger partial charge in [-0.05, 0) is 30.7 Å². The molecule has 0 unspecified atom stereocenters. The maximum atomic E-state index is 13.0. The second-order valence-corrected chi connectivity index (χ2v) is 6.85. The van der Waals surface area contributed by atoms with Crippen molar-refractivity contribution >= 4 is 17.2 Å². The minimum atomic E-state index is -4.52. The minimum Gasteiger partial charge on any atom is -0.324 e. The van der Waals surface area contributed by atoms with Crippen LogP contribution in [0.1, 0.15) is 30.4 Å². The van der Waals surface area contributed by atoms with Gasteiger partial charge in [0.15, 0.2) is 11.5 Å². The molecule has 4 heterocycles. The van der Waals surface area contributed by atoms with Crippen molar-refractivity contribution in [3.63, 3.8) is 0 Å². The summed E-state index contributed by atoms with van der Waals surface area (Å²) >= 11 is 6.02. The fourth-order valence-corrected chi connectivity index (χ4v) is 3.30. The third-order valence-corrected chi connectivity index (χ3v) is 4.61. The Morgan fingerprint density at radius 2 is 1.93 bits per heavy atom. The van der Waals surface area contributed by atoms with Crippen LogP contribution >= 0.6 is 11.6 Å². The molecule has 0 aliphatic rings. The second kappa shape index (κ2) is 7.47. The summed E-state index contributed by atoms with van der Waals surface area (Å²) in [6.45, 7) is 2.37. The van der Waals surface area contributed by atoms with E-state index in [1.807, 2.05) is 6.92 Å². The van der Waals surface area contributed by atoms with E-state index in [0.717, 1.165) is 30.3 Å². The van der Waals surface area contributed by atoms with Crippen LogP contribution in [0.4, 0.5) is 13.2 Å². The predicted molar refractivity (Wildman–Crippen MR) is 102 cm³/mol. The Morgan fingerprint density at radius 1 is 1.10 bits per heavy atom. The van der Waals surface area contributed by atoms with Gasteiger partial charge in [-0.25, -0.2) is 19.5 Å². The zero-order chi connectivity index (χ0) is 20.6. The lowest BCUT2D eigenvalue weighted by molar-refractivity contribution is -0.141. The highest BCUT2D eigenvalue weighted by Gasteiger charge is 2.32. The zero-order valence-corrected chi connectivity index (χ0v) is 16.1. The largest absolute Gasteiger partial charge is 0.433 e. The lowest BCUT2D eigenvalue weighted by Crippen LogP contribution is -2.10. The molecule has 0 spiro atoms. The van der Waals surface area contributed by atoms with Gasteiger partial charge in [-0.2, -0.15) is 18.3 Å². The number of hydrogen-bond acceptors (Lipinski definition) is 4. The van der Waals surface area contributed by atoms with E-state index in [-0.39, 0.29) is 5.69 Å². The van der Waals surface area contributed by atoms with E-state index in [1.54, 1.807) is 27.4 Å². The Labute approximate surface area is 169 Å². The molecule has 0 aromatic carbocycles. The number of imidazole rings is 2. The van der Waals surface area contributed by atoms with Crippen LogP contribution in [0.3, 0.4) is 0 Å². The summed E-state index contributed by atoms with van der Waals surface area (Å²) in [7, 11) is 0. The highest BCUT2D eigenvalue weighted by Crippen LogP contribution is 2.29. The van der Waals surface area contributed by atoms with Crippen molar-refractivity contribution in [2.24, 2.45) is 0 Å². The lowest BCUT2D eigenvalue weighted by Gasteiger charge is -2.10. The SMILES string of the molecule is CCCc1c(Cn2ccnc2-c2cccc(C(F)(F)F)n2)nc2ccc(Cl)nn12. The Hall–Kier alpha value is -2.94. The van der Waals surface area contributed by atoms with Gasteiger partial charge in [0.1, 0.15) is 16.5 Å². The summed E-state index contributed by atoms with van der Waals surface area (Å²) in [5.74, 6) is 0.335. The van der Waals surface area contributed by atoms with Gasteiger partial charge in [0.05, 0.1) is 17.9 Å². The van der Waals surface area contributed by atoms with E-state index < -0.39 is 11.9 Å². The van der Waals surface area contributed by atoms with Gasteiger partial charge in [-0.15, -0.1) is 0 Å². The monoisotopic (exact) mass is 420 g/mol. The molecule has 0 bridgehead atoms. The van der Waals surface area contributed by atoms with Crippen molar-refractivity contribution in [1.29, 1.82) is 0 Å². The average molecular weight is 421 g/mol. The molecule has 0 saturated carbocycles. The number of rotatable bonds is 5. The van der Waals surface area contributed by atoms with Crippen LogP contribution < -0.4 is 0 Å². The number of hydrogen-bond donors (Lipinski definition) is 0. The molecule has 0 amide bonds. The summed E-state index contributed by atoms with van der Waals surface area (Å²) in [4.78, 5) is 12.6. The van der Waals surface area contributed by atoms with Crippen LogP contribution in [0.5, 0.6) is 0 Å². The van der Waals surface area contributed by atoms with Crippen molar-refractivity contribution in [2.75, 3.05) is 0 Å². The highest BCUT2D eigenvalue weighted by atomic mass is 35.5. The predicted octanol–water partition coefficient (Wildman–Crippen LogP) is 4.66. The first kappa shape index (κ1) is 19.4. The smallest absolute Gasteiger partial charge is 0.324 e. The molecular weight excluding hydrogens is 405 g/mol. The topological polar surface area (TPSA) is 60.9 Å². The van der Waals surface area contributed by atoms with Crippen molar-refractivity contribution in [3.8, 4) is 11.5 Å². The molecular formula is C19H16ClF3N6. The Bertz CT molecular complexity index is 1160. The third kappa shape index (κ3) is 3.82. The average Bonchev–Trinajstić information content (AvgIpc) is 3.27. The van der Waals surface area contributed by atoms with Gasteiger partial charge >= 0.3 is 6.18 Å². The highest BCUT2D eigenvalue weighted by molar-refractivity contribution is 6.29. The molecule has 4 aromatic rings. The summed E-state index contributed by atoms with van der Waals surface area (Å²) < 4.78 is 42.5. The van der Waals surface area contributed by atoms with Crippen molar-refractivity contribution in [1.82, 2.24) is 29.1 Å². The van der Waals surface area contributed by atoms with Gasteiger partial charge < -0.3 is 4.57 Å². The molecule has 0 aliphatic carbocycles. The third-order valence-electron chi connectivity index (χ3n) is 4.41. The van der Waals surface area contributed by atoms with Gasteiger partial charge in [0.25, 0.3) is 0 Å². The first-order chi connectivity index (χ1) is 13.9. The van der Waals surface area contributed by atoms with E-state index in [2.05, 4.69) is 20.1 Å². The van der Waals surface area contributed by atoms with Crippen LogP contribution in [-0.2, 0) is 19.1 Å². The van der Waals surface area contributed by atoms with Gasteiger partial charge in [-0.1, -0.05) is 31.0 Å². The molecule has 0 N–H and O–H groups in total. The standard InChI is InChI=1S/C19H16ClF3N6/c1-2-4-14-13(26-17-8-7-16(20)27-29(14)17)11-28-10-9-24-18(28)12-5-3-6-15(25-12)19(21,22)23/h3,5-10H,2,4,11H2,1H3. The van der Waals surface area contributed by atoms with E-state index in [4.69, 9.17) is 11.6 Å². The maximum Gasteiger partial charge on any atom is 0.433 e. The lowest BCUT2D eigenvalue weighted by atomic mass is 10.2. The number of aromatic nitrogens is 6. The normalized spacial score (nSPS) is 12.0. The number of alkyl halides is 3. The van der Waals surface area contributed by atoms with Gasteiger partial charge in [0, 0.05) is 12.4 Å². The molecule has 10 heteroatoms. The van der Waals surface area contributed by atoms with Crippen molar-refractivity contribution in [3.05, 3.63) is 65.0 Å². The first-order valence-corrected chi connectivity index (χ1v) is 9.33. The fourth-order valence-electron chi connectivity index (χ4n) is 3.16. The van der Waals surface area contributed by atoms with E-state index >= 15 is 0 Å². The Balaban J connectivity index is 1.75. The first-order valence-electron chi connectivity index (χ1n) is 8.95. The molecule has 0 atom stereocenters. The zero-order valence-electron chi connectivity index (χ0n) is 15.4. The molecule has 4 rings (SSSR count). The van der Waals surface area contributed by atoms with Crippen LogP contribution in [0.15, 0.2) is 42.7 Å². The summed E-state index contributed by atoms with van der Waals surface area (Å²) in [6.07, 6.45) is 0.310. The van der Waals surface area contributed by atoms with Gasteiger partial charge in [0.2, 0.25) is 0 Å². The fraction of sp³-hybridized carbons (Fsp3) is 0.263. The Kier molecular flexibility index (Phi) is 4.99. The number of aryl methyl sites for hydroxylation is 1. The van der Waals surface area contributed by atoms with Crippen LogP contribution in [-0.4, -0.2) is 29.1 Å². The molecule has 0 fully saturated rings. The summed E-state index contributed by atoms with van der Waals surface area (Å²) in [6, 6.07) is 7.21. The molecule has 150 valence electrons. The molecule has 0 radical (unpaired) electrons. The molecule has 4 aromatic heterocycles. The quantitative estimate of drug-likeness (QED) is 0.471. The van der Waals surface area contributed by atoms with Gasteiger partial charge in [-0.3, -0.25) is 0 Å². The van der Waals surface area contributed by atoms with E-state index in [9.17, 15) is 13.2 Å². The number of fused-ring (bicyclic) bond motifs is 1. The summed E-state index contributed by atoms with van der Waals surface area (Å²) in [5.41, 5.74) is 1.51. The molecule has 0 saturated heterocycles. The summed E-state index contributed by atoms with van der Waals surface area (Å²) in [5, 5.41) is 4.68. The molecule has 29 heavy (non-hydrogen) atoms. The number of nitrogens with zero attached hydrogens (tertiary/aromatic N) is 6. The van der Waals surface area contributed by atoms with Crippen molar-refractivity contribution < 1.29 is 13.2 Å². The second-order valence-electron chi connectivity index (χ2n) is 6.47.